The van der Waals surface area contributed by atoms with E-state index in [4.69, 9.17) is 10.3 Å². The van der Waals surface area contributed by atoms with Gasteiger partial charge < -0.3 is 4.42 Å². The number of hydrogen-bond donors (Lipinski definition) is 2. The lowest BCUT2D eigenvalue weighted by atomic mass is 10.1. The van der Waals surface area contributed by atoms with E-state index in [2.05, 4.69) is 33.4 Å². The average molecular weight is 313 g/mol. The molecule has 0 aliphatic heterocycles. The van der Waals surface area contributed by atoms with Gasteiger partial charge in [0.25, 0.3) is 0 Å². The molecule has 18 heavy (non-hydrogen) atoms. The molecule has 3 N–H and O–H groups in total. The normalized spacial score (nSPS) is 12.9. The van der Waals surface area contributed by atoms with Gasteiger partial charge in [-0.2, -0.15) is 5.10 Å². The Hall–Kier alpha value is -1.11. The first-order valence-corrected chi connectivity index (χ1v) is 6.69. The third kappa shape index (κ3) is 2.36. The Morgan fingerprint density at radius 3 is 2.94 bits per heavy atom. The van der Waals surface area contributed by atoms with Crippen molar-refractivity contribution in [3.63, 3.8) is 0 Å². The van der Waals surface area contributed by atoms with E-state index in [0.717, 1.165) is 34.5 Å². The second-order valence-electron chi connectivity index (χ2n) is 4.13. The zero-order valence-corrected chi connectivity index (χ0v) is 12.1. The predicted octanol–water partition coefficient (Wildman–Crippen LogP) is 2.51. The van der Waals surface area contributed by atoms with E-state index in [1.807, 2.05) is 17.7 Å². The molecule has 0 saturated carbocycles. The van der Waals surface area contributed by atoms with Gasteiger partial charge in [0.1, 0.15) is 5.76 Å². The molecule has 0 aromatic carbocycles. The molecule has 6 heteroatoms. The van der Waals surface area contributed by atoms with Crippen LogP contribution in [0.4, 0.5) is 0 Å². The molecule has 2 aromatic heterocycles. The lowest BCUT2D eigenvalue weighted by Gasteiger charge is -2.18. The van der Waals surface area contributed by atoms with E-state index >= 15 is 0 Å². The van der Waals surface area contributed by atoms with Crippen LogP contribution in [0.15, 0.2) is 27.4 Å². The number of nitrogens with zero attached hydrogens (tertiary/aromatic N) is 2. The lowest BCUT2D eigenvalue weighted by Crippen LogP contribution is -2.31. The van der Waals surface area contributed by atoms with Crippen LogP contribution in [-0.2, 0) is 6.54 Å². The molecule has 0 fully saturated rings. The smallest absolute Gasteiger partial charge is 0.105 e. The third-order valence-electron chi connectivity index (χ3n) is 2.92. The molecular weight excluding hydrogens is 296 g/mol. The summed E-state index contributed by atoms with van der Waals surface area (Å²) in [5.74, 6) is 6.56. The molecule has 98 valence electrons. The number of furan rings is 1. The average Bonchev–Trinajstić information content (AvgIpc) is 2.91. The highest BCUT2D eigenvalue weighted by molar-refractivity contribution is 9.10. The summed E-state index contributed by atoms with van der Waals surface area (Å²) in [6.45, 7) is 4.90. The van der Waals surface area contributed by atoms with E-state index in [9.17, 15) is 0 Å². The number of nitrogens with one attached hydrogen (secondary N) is 1. The molecule has 0 radical (unpaired) electrons. The highest BCUT2D eigenvalue weighted by atomic mass is 79.9. The van der Waals surface area contributed by atoms with Crippen LogP contribution in [-0.4, -0.2) is 9.78 Å². The van der Waals surface area contributed by atoms with Crippen molar-refractivity contribution < 1.29 is 4.42 Å². The molecule has 0 aliphatic rings. The zero-order chi connectivity index (χ0) is 13.1. The van der Waals surface area contributed by atoms with Crippen LogP contribution in [0.25, 0.3) is 0 Å². The molecule has 2 heterocycles. The molecule has 0 bridgehead atoms. The van der Waals surface area contributed by atoms with Crippen molar-refractivity contribution in [3.05, 3.63) is 40.0 Å². The van der Waals surface area contributed by atoms with Gasteiger partial charge in [-0.05, 0) is 35.3 Å². The minimum absolute atomic E-state index is 0.132. The number of aromatic nitrogens is 2. The van der Waals surface area contributed by atoms with Crippen molar-refractivity contribution in [2.75, 3.05) is 0 Å². The summed E-state index contributed by atoms with van der Waals surface area (Å²) < 4.78 is 8.25. The first-order chi connectivity index (χ1) is 8.69. The maximum absolute atomic E-state index is 5.70. The molecule has 5 nitrogen and oxygen atoms in total. The fourth-order valence-electron chi connectivity index (χ4n) is 2.06. The van der Waals surface area contributed by atoms with Gasteiger partial charge in [-0.1, -0.05) is 6.92 Å². The van der Waals surface area contributed by atoms with Gasteiger partial charge in [0.05, 0.1) is 28.7 Å². The Morgan fingerprint density at radius 1 is 1.61 bits per heavy atom. The number of hydrogen-bond acceptors (Lipinski definition) is 4. The minimum Gasteiger partial charge on any atom is -0.469 e. The van der Waals surface area contributed by atoms with Crippen molar-refractivity contribution in [1.82, 2.24) is 15.2 Å². The quantitative estimate of drug-likeness (QED) is 0.657. The van der Waals surface area contributed by atoms with Gasteiger partial charge in [0.2, 0.25) is 0 Å². The minimum atomic E-state index is -0.132. The van der Waals surface area contributed by atoms with Crippen LogP contribution >= 0.6 is 15.9 Å². The number of halogens is 1. The van der Waals surface area contributed by atoms with Crippen LogP contribution in [0.3, 0.4) is 0 Å². The van der Waals surface area contributed by atoms with Gasteiger partial charge in [-0.3, -0.25) is 10.5 Å². The third-order valence-corrected chi connectivity index (χ3v) is 3.53. The molecule has 0 saturated heterocycles. The monoisotopic (exact) mass is 312 g/mol. The van der Waals surface area contributed by atoms with Crippen LogP contribution in [0.1, 0.15) is 36.4 Å². The maximum atomic E-state index is 5.70. The molecule has 0 aliphatic carbocycles. The second-order valence-corrected chi connectivity index (χ2v) is 4.99. The molecule has 2 rings (SSSR count). The Bertz CT molecular complexity index is 520. The summed E-state index contributed by atoms with van der Waals surface area (Å²) in [5.41, 5.74) is 4.88. The van der Waals surface area contributed by atoms with Crippen LogP contribution in [0.2, 0.25) is 0 Å². The van der Waals surface area contributed by atoms with E-state index in [1.165, 1.54) is 0 Å². The topological polar surface area (TPSA) is 69.0 Å². The Kier molecular flexibility index (Phi) is 4.21. The summed E-state index contributed by atoms with van der Waals surface area (Å²) in [4.78, 5) is 0. The largest absolute Gasteiger partial charge is 0.469 e. The van der Waals surface area contributed by atoms with Crippen molar-refractivity contribution in [3.8, 4) is 0 Å². The highest BCUT2D eigenvalue weighted by Gasteiger charge is 2.23. The van der Waals surface area contributed by atoms with Crippen LogP contribution < -0.4 is 11.3 Å². The Labute approximate surface area is 114 Å². The van der Waals surface area contributed by atoms with Crippen LogP contribution in [0, 0.1) is 6.92 Å². The zero-order valence-electron chi connectivity index (χ0n) is 10.5. The number of rotatable bonds is 5. The van der Waals surface area contributed by atoms with Crippen molar-refractivity contribution in [1.29, 1.82) is 0 Å². The first kappa shape index (κ1) is 13.3. The Morgan fingerprint density at radius 2 is 2.39 bits per heavy atom. The summed E-state index contributed by atoms with van der Waals surface area (Å²) in [6, 6.07) is 1.79. The predicted molar refractivity (Wildman–Crippen MR) is 72.8 cm³/mol. The summed E-state index contributed by atoms with van der Waals surface area (Å²) in [5, 5.41) is 4.36. The van der Waals surface area contributed by atoms with Crippen molar-refractivity contribution in [2.45, 2.75) is 32.9 Å². The molecule has 0 amide bonds. The number of hydrazine groups is 1. The standard InChI is InChI=1S/C12H17BrN4O/c1-3-5-17-12(10(13)7-15-17)11(16-14)9-4-6-18-8(9)2/h4,6-7,11,16H,3,5,14H2,1-2H3. The SMILES string of the molecule is CCCn1ncc(Br)c1C(NN)c1ccoc1C. The fourth-order valence-corrected chi connectivity index (χ4v) is 2.58. The van der Waals surface area contributed by atoms with Crippen molar-refractivity contribution >= 4 is 15.9 Å². The molecule has 2 aromatic rings. The summed E-state index contributed by atoms with van der Waals surface area (Å²) >= 11 is 3.53. The van der Waals surface area contributed by atoms with E-state index in [1.54, 1.807) is 12.5 Å². The summed E-state index contributed by atoms with van der Waals surface area (Å²) in [7, 11) is 0. The molecule has 1 atom stereocenters. The van der Waals surface area contributed by atoms with Gasteiger partial charge in [0.15, 0.2) is 0 Å². The van der Waals surface area contributed by atoms with E-state index in [-0.39, 0.29) is 6.04 Å². The number of aryl methyl sites for hydroxylation is 2. The fraction of sp³-hybridized carbons (Fsp3) is 0.417. The van der Waals surface area contributed by atoms with E-state index in [0.29, 0.717) is 0 Å². The van der Waals surface area contributed by atoms with Gasteiger partial charge >= 0.3 is 0 Å². The highest BCUT2D eigenvalue weighted by Crippen LogP contribution is 2.30. The summed E-state index contributed by atoms with van der Waals surface area (Å²) in [6.07, 6.45) is 4.48. The first-order valence-electron chi connectivity index (χ1n) is 5.90. The molecular formula is C12H17BrN4O. The lowest BCUT2D eigenvalue weighted by molar-refractivity contribution is 0.497. The Balaban J connectivity index is 2.45. The van der Waals surface area contributed by atoms with E-state index < -0.39 is 0 Å². The molecule has 1 unspecified atom stereocenters. The van der Waals surface area contributed by atoms with Crippen molar-refractivity contribution in [2.24, 2.45) is 5.84 Å². The van der Waals surface area contributed by atoms with Crippen LogP contribution in [0.5, 0.6) is 0 Å². The molecule has 0 spiro atoms. The van der Waals surface area contributed by atoms with Gasteiger partial charge in [-0.15, -0.1) is 0 Å². The van der Waals surface area contributed by atoms with Gasteiger partial charge in [0, 0.05) is 12.1 Å². The van der Waals surface area contributed by atoms with Gasteiger partial charge in [-0.25, -0.2) is 5.43 Å². The maximum Gasteiger partial charge on any atom is 0.105 e. The number of nitrogens with two attached hydrogens (primary N) is 1. The second kappa shape index (κ2) is 5.69.